The number of rotatable bonds is 6. The molecule has 6 nitrogen and oxygen atoms in total. The Morgan fingerprint density at radius 2 is 1.37 bits per heavy atom. The van der Waals surface area contributed by atoms with Crippen molar-refractivity contribution in [2.45, 2.75) is 19.5 Å². The Balaban J connectivity index is 1.30. The third-order valence-electron chi connectivity index (χ3n) is 6.20. The zero-order chi connectivity index (χ0) is 24.4. The Labute approximate surface area is 201 Å². The molecule has 174 valence electrons. The van der Waals surface area contributed by atoms with Crippen molar-refractivity contribution >= 4 is 44.5 Å². The highest BCUT2D eigenvalue weighted by Gasteiger charge is 2.16. The Kier molecular flexibility index (Phi) is 6.02. The van der Waals surface area contributed by atoms with Crippen molar-refractivity contribution in [2.24, 2.45) is 0 Å². The van der Waals surface area contributed by atoms with Crippen molar-refractivity contribution in [1.29, 1.82) is 0 Å². The molecule has 5 aromatic rings. The maximum Gasteiger partial charge on any atom is 0.326 e. The highest BCUT2D eigenvalue weighted by molar-refractivity contribution is 5.94. The van der Waals surface area contributed by atoms with E-state index in [2.05, 4.69) is 5.32 Å². The summed E-state index contributed by atoms with van der Waals surface area (Å²) in [6.45, 7) is 1.40. The van der Waals surface area contributed by atoms with E-state index in [9.17, 15) is 14.4 Å². The number of hydrogen-bond donors (Lipinski definition) is 1. The van der Waals surface area contributed by atoms with Gasteiger partial charge >= 0.3 is 5.97 Å². The van der Waals surface area contributed by atoms with E-state index in [1.807, 2.05) is 61.5 Å². The number of carbonyl (C=O) groups excluding carboxylic acids is 2. The van der Waals surface area contributed by atoms with Crippen LogP contribution in [0.1, 0.15) is 18.5 Å². The Bertz CT molecular complexity index is 1570. The van der Waals surface area contributed by atoms with E-state index in [-0.39, 0.29) is 30.5 Å². The van der Waals surface area contributed by atoms with Crippen LogP contribution in [0.3, 0.4) is 0 Å². The highest BCUT2D eigenvalue weighted by atomic mass is 16.5. The molecule has 6 heteroatoms. The van der Waals surface area contributed by atoms with Gasteiger partial charge in [-0.1, -0.05) is 66.7 Å². The lowest BCUT2D eigenvalue weighted by molar-refractivity contribution is -0.149. The van der Waals surface area contributed by atoms with Gasteiger partial charge in [-0.2, -0.15) is 0 Å². The fraction of sp³-hybridized carbons (Fsp3) is 0.138. The first-order valence-electron chi connectivity index (χ1n) is 11.5. The maximum absolute atomic E-state index is 12.9. The van der Waals surface area contributed by atoms with Gasteiger partial charge in [0.25, 0.3) is 5.91 Å². The van der Waals surface area contributed by atoms with E-state index in [0.717, 1.165) is 16.3 Å². The van der Waals surface area contributed by atoms with Gasteiger partial charge in [-0.15, -0.1) is 0 Å². The summed E-state index contributed by atoms with van der Waals surface area (Å²) in [4.78, 5) is 38.1. The molecule has 0 saturated heterocycles. The number of amides is 1. The third-order valence-corrected chi connectivity index (χ3v) is 6.20. The van der Waals surface area contributed by atoms with Gasteiger partial charge in [0.05, 0.1) is 17.1 Å². The number of esters is 1. The van der Waals surface area contributed by atoms with Gasteiger partial charge < -0.3 is 14.6 Å². The van der Waals surface area contributed by atoms with Crippen molar-refractivity contribution in [1.82, 2.24) is 9.88 Å². The Morgan fingerprint density at radius 1 is 0.800 bits per heavy atom. The monoisotopic (exact) mass is 464 g/mol. The average Bonchev–Trinajstić information content (AvgIpc) is 2.89. The molecule has 1 amide bonds. The first-order valence-corrected chi connectivity index (χ1v) is 11.5. The maximum atomic E-state index is 12.9. The van der Waals surface area contributed by atoms with Gasteiger partial charge in [-0.25, -0.2) is 0 Å². The van der Waals surface area contributed by atoms with Gasteiger partial charge in [-0.05, 0) is 47.5 Å². The second kappa shape index (κ2) is 9.43. The Hall–Kier alpha value is -4.45. The van der Waals surface area contributed by atoms with Gasteiger partial charge in [0.2, 0.25) is 0 Å². The molecule has 0 aliphatic heterocycles. The number of nitrogens with one attached hydrogen (secondary N) is 1. The number of carbonyl (C=O) groups is 2. The predicted molar refractivity (Wildman–Crippen MR) is 137 cm³/mol. The van der Waals surface area contributed by atoms with E-state index < -0.39 is 5.97 Å². The average molecular weight is 465 g/mol. The summed E-state index contributed by atoms with van der Waals surface area (Å²) in [5, 5.41) is 6.13. The number of fused-ring (bicyclic) bond motifs is 3. The molecule has 1 N–H and O–H groups in total. The molecule has 0 bridgehead atoms. The quantitative estimate of drug-likeness (QED) is 0.291. The topological polar surface area (TPSA) is 77.4 Å². The van der Waals surface area contributed by atoms with Crippen LogP contribution in [0.2, 0.25) is 0 Å². The van der Waals surface area contributed by atoms with Crippen LogP contribution >= 0.6 is 0 Å². The molecule has 0 aliphatic rings. The number of benzene rings is 4. The molecular formula is C29H24N2O4. The first-order chi connectivity index (χ1) is 17.0. The summed E-state index contributed by atoms with van der Waals surface area (Å²) < 4.78 is 7.07. The number of aromatic nitrogens is 1. The molecule has 0 spiro atoms. The summed E-state index contributed by atoms with van der Waals surface area (Å²) in [7, 11) is 0. The van der Waals surface area contributed by atoms with Crippen molar-refractivity contribution in [3.8, 4) is 0 Å². The number of para-hydroxylation sites is 2. The fourth-order valence-electron chi connectivity index (χ4n) is 4.56. The molecule has 1 aromatic heterocycles. The highest BCUT2D eigenvalue weighted by Crippen LogP contribution is 2.24. The lowest BCUT2D eigenvalue weighted by Crippen LogP contribution is -2.31. The largest absolute Gasteiger partial charge is 0.454 e. The minimum atomic E-state index is -0.558. The van der Waals surface area contributed by atoms with Gasteiger partial charge in [0.15, 0.2) is 12.0 Å². The summed E-state index contributed by atoms with van der Waals surface area (Å²) in [5.41, 5.74) is 2.20. The van der Waals surface area contributed by atoms with Crippen LogP contribution in [0.25, 0.3) is 32.6 Å². The molecule has 0 aliphatic carbocycles. The van der Waals surface area contributed by atoms with E-state index in [4.69, 9.17) is 4.74 Å². The number of pyridine rings is 1. The van der Waals surface area contributed by atoms with Crippen molar-refractivity contribution < 1.29 is 14.3 Å². The number of hydrogen-bond acceptors (Lipinski definition) is 4. The Morgan fingerprint density at radius 3 is 2.06 bits per heavy atom. The smallest absolute Gasteiger partial charge is 0.326 e. The number of ether oxygens (including phenoxy) is 1. The number of nitrogens with zero attached hydrogens (tertiary/aromatic N) is 1. The van der Waals surface area contributed by atoms with Gasteiger partial charge in [0, 0.05) is 10.8 Å². The van der Waals surface area contributed by atoms with Crippen molar-refractivity contribution in [3.63, 3.8) is 0 Å². The molecule has 5 rings (SSSR count). The van der Waals surface area contributed by atoms with Crippen LogP contribution in [0, 0.1) is 0 Å². The van der Waals surface area contributed by atoms with E-state index in [1.54, 1.807) is 41.0 Å². The van der Waals surface area contributed by atoms with Crippen LogP contribution in [-0.2, 0) is 20.9 Å². The molecular weight excluding hydrogens is 440 g/mol. The second-order valence-corrected chi connectivity index (χ2v) is 8.47. The van der Waals surface area contributed by atoms with Crippen LogP contribution in [0.5, 0.6) is 0 Å². The van der Waals surface area contributed by atoms with Crippen molar-refractivity contribution in [2.75, 3.05) is 6.61 Å². The van der Waals surface area contributed by atoms with Crippen molar-refractivity contribution in [3.05, 3.63) is 107 Å². The van der Waals surface area contributed by atoms with Crippen LogP contribution in [0.4, 0.5) is 0 Å². The molecule has 0 radical (unpaired) electrons. The zero-order valence-electron chi connectivity index (χ0n) is 19.2. The van der Waals surface area contributed by atoms with Gasteiger partial charge in [-0.3, -0.25) is 14.4 Å². The van der Waals surface area contributed by atoms with Crippen LogP contribution < -0.4 is 10.7 Å². The summed E-state index contributed by atoms with van der Waals surface area (Å²) in [6.07, 6.45) is 0. The molecule has 0 saturated carbocycles. The molecule has 1 atom stereocenters. The molecule has 0 fully saturated rings. The molecule has 1 heterocycles. The van der Waals surface area contributed by atoms with Crippen LogP contribution in [-0.4, -0.2) is 23.1 Å². The normalized spacial score (nSPS) is 12.0. The predicted octanol–water partition coefficient (Wildman–Crippen LogP) is 4.73. The lowest BCUT2D eigenvalue weighted by Gasteiger charge is -2.17. The molecule has 4 aromatic carbocycles. The summed E-state index contributed by atoms with van der Waals surface area (Å²) in [5.74, 6) is -0.940. The summed E-state index contributed by atoms with van der Waals surface area (Å²) in [6, 6.07) is 28.0. The lowest BCUT2D eigenvalue weighted by atomic mass is 10.00. The minimum Gasteiger partial charge on any atom is -0.454 e. The third kappa shape index (κ3) is 4.38. The SMILES string of the molecule is CC(NC(=O)COC(=O)Cn1c2ccccc2c(=O)c2ccccc21)c1cccc2ccccc12. The zero-order valence-corrected chi connectivity index (χ0v) is 19.2. The van der Waals surface area contributed by atoms with Gasteiger partial charge in [0.1, 0.15) is 6.54 Å². The fourth-order valence-corrected chi connectivity index (χ4v) is 4.56. The summed E-state index contributed by atoms with van der Waals surface area (Å²) >= 11 is 0. The van der Waals surface area contributed by atoms with E-state index >= 15 is 0 Å². The van der Waals surface area contributed by atoms with E-state index in [0.29, 0.717) is 21.8 Å². The first kappa shape index (κ1) is 22.3. The minimum absolute atomic E-state index is 0.0809. The second-order valence-electron chi connectivity index (χ2n) is 8.47. The van der Waals surface area contributed by atoms with E-state index in [1.165, 1.54) is 0 Å². The molecule has 35 heavy (non-hydrogen) atoms. The molecule has 1 unspecified atom stereocenters. The van der Waals surface area contributed by atoms with Crippen LogP contribution in [0.15, 0.2) is 95.8 Å². The standard InChI is InChI=1S/C29H24N2O4/c1-19(21-14-8-10-20-9-2-3-11-22(20)21)30-27(32)18-35-28(33)17-31-25-15-6-4-12-23(25)29(34)24-13-5-7-16-26(24)31/h2-16,19H,17-18H2,1H3,(H,30,32).